The van der Waals surface area contributed by atoms with Crippen molar-refractivity contribution >= 4 is 5.97 Å². The maximum absolute atomic E-state index is 10.7. The Morgan fingerprint density at radius 1 is 1.53 bits per heavy atom. The molecule has 0 aromatic heterocycles. The van der Waals surface area contributed by atoms with Gasteiger partial charge in [0.1, 0.15) is 6.10 Å². The van der Waals surface area contributed by atoms with Crippen LogP contribution in [-0.2, 0) is 9.53 Å². The predicted octanol–water partition coefficient (Wildman–Crippen LogP) is 1.95. The van der Waals surface area contributed by atoms with Crippen molar-refractivity contribution in [1.29, 1.82) is 5.26 Å². The summed E-state index contributed by atoms with van der Waals surface area (Å²) in [7, 11) is 0. The molecular weight excluding hydrogens is 194 g/mol. The number of aliphatic carboxylic acids is 1. The van der Waals surface area contributed by atoms with E-state index in [1.54, 1.807) is 0 Å². The minimum absolute atomic E-state index is 0.0743. The van der Waals surface area contributed by atoms with Crippen LogP contribution in [0.1, 0.15) is 39.0 Å². The molecule has 1 rings (SSSR count). The topological polar surface area (TPSA) is 70.3 Å². The Balaban J connectivity index is 2.32. The summed E-state index contributed by atoms with van der Waals surface area (Å²) in [6.07, 6.45) is 3.28. The molecule has 0 aromatic rings. The molecule has 0 saturated heterocycles. The third-order valence-corrected chi connectivity index (χ3v) is 2.89. The zero-order valence-electron chi connectivity index (χ0n) is 8.98. The van der Waals surface area contributed by atoms with Crippen LogP contribution >= 0.6 is 0 Å². The summed E-state index contributed by atoms with van der Waals surface area (Å²) in [5.41, 5.74) is 0. The van der Waals surface area contributed by atoms with Crippen molar-refractivity contribution < 1.29 is 14.6 Å². The zero-order chi connectivity index (χ0) is 11.3. The molecule has 1 aliphatic carbocycles. The summed E-state index contributed by atoms with van der Waals surface area (Å²) in [5.74, 6) is -0.923. The molecule has 15 heavy (non-hydrogen) atoms. The van der Waals surface area contributed by atoms with E-state index in [2.05, 4.69) is 6.07 Å². The van der Waals surface area contributed by atoms with Crippen molar-refractivity contribution in [2.75, 3.05) is 0 Å². The van der Waals surface area contributed by atoms with Crippen LogP contribution in [0.3, 0.4) is 0 Å². The first kappa shape index (κ1) is 12.0. The van der Waals surface area contributed by atoms with Gasteiger partial charge in [-0.1, -0.05) is 6.92 Å². The molecule has 0 spiro atoms. The molecule has 0 aliphatic heterocycles. The molecule has 1 fully saturated rings. The Hall–Kier alpha value is -1.08. The van der Waals surface area contributed by atoms with Gasteiger partial charge in [-0.3, -0.25) is 4.79 Å². The van der Waals surface area contributed by atoms with E-state index in [0.29, 0.717) is 19.3 Å². The van der Waals surface area contributed by atoms with E-state index in [0.717, 1.165) is 12.8 Å². The van der Waals surface area contributed by atoms with Gasteiger partial charge in [0.25, 0.3) is 0 Å². The van der Waals surface area contributed by atoms with Crippen molar-refractivity contribution in [3.05, 3.63) is 0 Å². The minimum atomic E-state index is -0.708. The van der Waals surface area contributed by atoms with Gasteiger partial charge in [-0.2, -0.15) is 5.26 Å². The fourth-order valence-corrected chi connectivity index (χ4v) is 1.90. The monoisotopic (exact) mass is 211 g/mol. The predicted molar refractivity (Wildman–Crippen MR) is 54.2 cm³/mol. The van der Waals surface area contributed by atoms with Crippen molar-refractivity contribution in [2.24, 2.45) is 5.92 Å². The van der Waals surface area contributed by atoms with Gasteiger partial charge >= 0.3 is 5.97 Å². The zero-order valence-corrected chi connectivity index (χ0v) is 8.98. The van der Waals surface area contributed by atoms with Gasteiger partial charge in [0.15, 0.2) is 0 Å². The molecular formula is C11H17NO3. The summed E-state index contributed by atoms with van der Waals surface area (Å²) in [5, 5.41) is 17.5. The standard InChI is InChI=1S/C11H17NO3/c1-2-9(7-12)15-10-5-3-8(4-6-10)11(13)14/h8-10H,2-6H2,1H3,(H,13,14). The number of carbonyl (C=O) groups is 1. The number of nitriles is 1. The van der Waals surface area contributed by atoms with Crippen LogP contribution in [0.2, 0.25) is 0 Å². The average Bonchev–Trinajstić information content (AvgIpc) is 2.26. The largest absolute Gasteiger partial charge is 0.481 e. The van der Waals surface area contributed by atoms with E-state index < -0.39 is 5.97 Å². The Morgan fingerprint density at radius 3 is 2.53 bits per heavy atom. The van der Waals surface area contributed by atoms with Crippen LogP contribution in [0.25, 0.3) is 0 Å². The van der Waals surface area contributed by atoms with Gasteiger partial charge in [0.2, 0.25) is 0 Å². The number of hydrogen-bond acceptors (Lipinski definition) is 3. The molecule has 1 unspecified atom stereocenters. The number of hydrogen-bond donors (Lipinski definition) is 1. The SMILES string of the molecule is CCC(C#N)OC1CCC(C(=O)O)CC1. The first-order valence-electron chi connectivity index (χ1n) is 5.45. The Morgan fingerprint density at radius 2 is 2.13 bits per heavy atom. The van der Waals surface area contributed by atoms with Crippen molar-refractivity contribution in [1.82, 2.24) is 0 Å². The third-order valence-electron chi connectivity index (χ3n) is 2.89. The fourth-order valence-electron chi connectivity index (χ4n) is 1.90. The van der Waals surface area contributed by atoms with Gasteiger partial charge in [0, 0.05) is 0 Å². The maximum atomic E-state index is 10.7. The highest BCUT2D eigenvalue weighted by Gasteiger charge is 2.27. The quantitative estimate of drug-likeness (QED) is 0.771. The molecule has 1 N–H and O–H groups in total. The van der Waals surface area contributed by atoms with E-state index in [1.165, 1.54) is 0 Å². The van der Waals surface area contributed by atoms with Crippen LogP contribution in [0.15, 0.2) is 0 Å². The minimum Gasteiger partial charge on any atom is -0.481 e. The molecule has 0 radical (unpaired) electrons. The van der Waals surface area contributed by atoms with E-state index >= 15 is 0 Å². The van der Waals surface area contributed by atoms with Crippen molar-refractivity contribution in [3.8, 4) is 6.07 Å². The maximum Gasteiger partial charge on any atom is 0.306 e. The number of nitrogens with zero attached hydrogens (tertiary/aromatic N) is 1. The van der Waals surface area contributed by atoms with Gasteiger partial charge in [-0.05, 0) is 32.1 Å². The van der Waals surface area contributed by atoms with Crippen LogP contribution in [0.5, 0.6) is 0 Å². The van der Waals surface area contributed by atoms with E-state index in [1.807, 2.05) is 6.92 Å². The highest BCUT2D eigenvalue weighted by molar-refractivity contribution is 5.70. The second-order valence-electron chi connectivity index (χ2n) is 3.97. The van der Waals surface area contributed by atoms with E-state index in [4.69, 9.17) is 15.1 Å². The molecule has 1 atom stereocenters. The van der Waals surface area contributed by atoms with Gasteiger partial charge in [-0.15, -0.1) is 0 Å². The van der Waals surface area contributed by atoms with Crippen LogP contribution < -0.4 is 0 Å². The lowest BCUT2D eigenvalue weighted by atomic mass is 9.87. The van der Waals surface area contributed by atoms with Gasteiger partial charge in [-0.25, -0.2) is 0 Å². The molecule has 0 bridgehead atoms. The smallest absolute Gasteiger partial charge is 0.306 e. The summed E-state index contributed by atoms with van der Waals surface area (Å²) < 4.78 is 5.56. The molecule has 0 amide bonds. The van der Waals surface area contributed by atoms with E-state index in [9.17, 15) is 4.79 Å². The lowest BCUT2D eigenvalue weighted by Crippen LogP contribution is -2.28. The molecule has 4 heteroatoms. The Kier molecular flexibility index (Phi) is 4.57. The lowest BCUT2D eigenvalue weighted by molar-refractivity contribution is -0.144. The lowest BCUT2D eigenvalue weighted by Gasteiger charge is -2.27. The Bertz CT molecular complexity index is 251. The Labute approximate surface area is 89.8 Å². The molecule has 1 aliphatic rings. The highest BCUT2D eigenvalue weighted by Crippen LogP contribution is 2.27. The van der Waals surface area contributed by atoms with Crippen molar-refractivity contribution in [3.63, 3.8) is 0 Å². The summed E-state index contributed by atoms with van der Waals surface area (Å²) >= 11 is 0. The highest BCUT2D eigenvalue weighted by atomic mass is 16.5. The normalized spacial score (nSPS) is 28.0. The van der Waals surface area contributed by atoms with Crippen LogP contribution in [0.4, 0.5) is 0 Å². The molecule has 4 nitrogen and oxygen atoms in total. The second-order valence-corrected chi connectivity index (χ2v) is 3.97. The first-order valence-corrected chi connectivity index (χ1v) is 5.45. The van der Waals surface area contributed by atoms with Gasteiger partial charge in [0.05, 0.1) is 18.1 Å². The molecule has 0 heterocycles. The summed E-state index contributed by atoms with van der Waals surface area (Å²) in [4.78, 5) is 10.7. The molecule has 84 valence electrons. The number of carboxylic acids is 1. The number of rotatable bonds is 4. The van der Waals surface area contributed by atoms with Crippen LogP contribution in [-0.4, -0.2) is 23.3 Å². The third kappa shape index (κ3) is 3.52. The van der Waals surface area contributed by atoms with E-state index in [-0.39, 0.29) is 18.1 Å². The molecule has 1 saturated carbocycles. The fraction of sp³-hybridized carbons (Fsp3) is 0.818. The van der Waals surface area contributed by atoms with Crippen LogP contribution in [0, 0.1) is 17.2 Å². The number of ether oxygens (including phenoxy) is 1. The van der Waals surface area contributed by atoms with Gasteiger partial charge < -0.3 is 9.84 Å². The summed E-state index contributed by atoms with van der Waals surface area (Å²) in [6, 6.07) is 2.09. The van der Waals surface area contributed by atoms with Crippen molar-refractivity contribution in [2.45, 2.75) is 51.2 Å². The first-order chi connectivity index (χ1) is 7.17. The molecule has 0 aromatic carbocycles. The second kappa shape index (κ2) is 5.72. The number of carboxylic acid groups (broad SMARTS) is 1. The average molecular weight is 211 g/mol. The summed E-state index contributed by atoms with van der Waals surface area (Å²) in [6.45, 7) is 1.91.